The third-order valence-electron chi connectivity index (χ3n) is 9.97. The molecular weight excluding hydrogens is 817 g/mol. The molecule has 0 bridgehead atoms. The minimum absolute atomic E-state index is 0.00160. The fourth-order valence-corrected chi connectivity index (χ4v) is 25.1. The molecule has 59 heavy (non-hydrogen) atoms. The van der Waals surface area contributed by atoms with Crippen molar-refractivity contribution in [3.63, 3.8) is 0 Å². The van der Waals surface area contributed by atoms with Crippen LogP contribution in [0.5, 0.6) is 0 Å². The Bertz CT molecular complexity index is 1340. The Balaban J connectivity index is 4.31. The van der Waals surface area contributed by atoms with Gasteiger partial charge in [-0.25, -0.2) is 4.79 Å². The Kier molecular flexibility index (Phi) is 26.0. The first-order valence-electron chi connectivity index (χ1n) is 21.9. The topological polar surface area (TPSA) is 161 Å². The molecule has 0 heterocycles. The van der Waals surface area contributed by atoms with Crippen LogP contribution in [0.1, 0.15) is 58.8 Å². The van der Waals surface area contributed by atoms with Crippen molar-refractivity contribution in [2.24, 2.45) is 0 Å². The van der Waals surface area contributed by atoms with Crippen LogP contribution in [0, 0.1) is 0 Å². The van der Waals surface area contributed by atoms with Gasteiger partial charge >= 0.3 is 5.97 Å². The lowest BCUT2D eigenvalue weighted by Gasteiger charge is -2.34. The fraction of sp³-hybridized carbons (Fsp3) is 0.829. The number of amides is 4. The second-order valence-electron chi connectivity index (χ2n) is 20.2. The molecule has 0 rings (SSSR count). The highest BCUT2D eigenvalue weighted by atomic mass is 28.4. The van der Waals surface area contributed by atoms with Gasteiger partial charge in [0.2, 0.25) is 5.91 Å². The first-order valence-corrected chi connectivity index (χ1v) is 34.3. The summed E-state index contributed by atoms with van der Waals surface area (Å²) < 4.78 is 19.5. The van der Waals surface area contributed by atoms with Crippen LogP contribution in [-0.4, -0.2) is 159 Å². The van der Waals surface area contributed by atoms with E-state index < -0.39 is 33.3 Å². The normalized spacial score (nSPS) is 12.8. The van der Waals surface area contributed by atoms with E-state index in [0.29, 0.717) is 55.8 Å². The lowest BCUT2D eigenvalue weighted by Crippen LogP contribution is -2.52. The molecule has 0 spiro atoms. The molecule has 4 N–H and O–H groups in total. The second kappa shape index (κ2) is 27.0. The van der Waals surface area contributed by atoms with E-state index in [1.807, 2.05) is 28.2 Å². The van der Waals surface area contributed by atoms with E-state index in [4.69, 9.17) is 13.0 Å². The van der Waals surface area contributed by atoms with Gasteiger partial charge < -0.3 is 43.2 Å². The van der Waals surface area contributed by atoms with Crippen LogP contribution in [0.2, 0.25) is 76.6 Å². The maximum atomic E-state index is 12.8. The lowest BCUT2D eigenvalue weighted by atomic mass is 10.3. The average molecular weight is 906 g/mol. The van der Waals surface area contributed by atoms with Crippen LogP contribution in [0.15, 0.2) is 12.2 Å². The molecule has 0 aliphatic rings. The number of nitrogens with zero attached hydrogens (tertiary/aromatic N) is 2. The molecule has 0 aliphatic heterocycles. The van der Waals surface area contributed by atoms with Crippen LogP contribution >= 0.6 is 0 Å². The molecule has 0 aromatic rings. The van der Waals surface area contributed by atoms with E-state index in [9.17, 15) is 24.0 Å². The molecule has 0 saturated carbocycles. The predicted octanol–water partition coefficient (Wildman–Crippen LogP) is 5.33. The van der Waals surface area contributed by atoms with Crippen LogP contribution in [0.3, 0.4) is 0 Å². The van der Waals surface area contributed by atoms with Crippen LogP contribution in [-0.2, 0) is 36.9 Å². The summed E-state index contributed by atoms with van der Waals surface area (Å²) >= 11 is 0. The summed E-state index contributed by atoms with van der Waals surface area (Å²) in [6.07, 6.45) is 6.28. The summed E-state index contributed by atoms with van der Waals surface area (Å²) in [4.78, 5) is 60.8. The highest BCUT2D eigenvalue weighted by Gasteiger charge is 2.34. The van der Waals surface area contributed by atoms with Gasteiger partial charge in [-0.05, 0) is 109 Å². The largest absolute Gasteiger partial charge is 0.462 e. The smallest absolute Gasteiger partial charge is 0.333 e. The SMILES string of the molecule is C=C(C)C(=O)OCCC[N+](C)(C)CC(=O)NCCCC[Si](C)(C)O[Si](C)(C)CCCCNC(=O)C[N+](C)(C)CC(=O)NCCC[Si](C)(C)O[Si](C)(C)CCCNC(C)=O. The zero-order chi connectivity index (χ0) is 45.6. The van der Waals surface area contributed by atoms with Gasteiger partial charge in [-0.3, -0.25) is 19.2 Å². The Morgan fingerprint density at radius 2 is 0.831 bits per heavy atom. The molecule has 18 heteroatoms. The maximum absolute atomic E-state index is 12.8. The van der Waals surface area contributed by atoms with Gasteiger partial charge in [0.15, 0.2) is 52.9 Å². The number of unbranched alkanes of at least 4 members (excludes halogenated alkanes) is 2. The monoisotopic (exact) mass is 905 g/mol. The van der Waals surface area contributed by atoms with Crippen LogP contribution < -0.4 is 21.3 Å². The number of carbonyl (C=O) groups is 5. The lowest BCUT2D eigenvalue weighted by molar-refractivity contribution is -0.882. The summed E-state index contributed by atoms with van der Waals surface area (Å²) in [5, 5.41) is 12.0. The van der Waals surface area contributed by atoms with Crippen molar-refractivity contribution in [2.45, 2.75) is 135 Å². The Hall–Kier alpha value is -2.20. The van der Waals surface area contributed by atoms with Crippen molar-refractivity contribution in [1.82, 2.24) is 21.3 Å². The number of likely N-dealkylation sites (N-methyl/N-ethyl adjacent to an activating group) is 2. The molecule has 0 fully saturated rings. The molecule has 344 valence electrons. The van der Waals surface area contributed by atoms with E-state index in [1.165, 1.54) is 6.92 Å². The van der Waals surface area contributed by atoms with E-state index in [1.54, 1.807) is 6.92 Å². The highest BCUT2D eigenvalue weighted by molar-refractivity contribution is 6.85. The molecule has 0 unspecified atom stereocenters. The number of ether oxygens (including phenoxy) is 1. The molecule has 0 aromatic carbocycles. The van der Waals surface area contributed by atoms with Gasteiger partial charge in [-0.2, -0.15) is 0 Å². The number of rotatable bonds is 33. The van der Waals surface area contributed by atoms with Gasteiger partial charge in [-0.1, -0.05) is 19.4 Å². The second-order valence-corrected chi connectivity index (χ2v) is 37.9. The standard InChI is InChI=1S/C41H86N6O8Si4/c1-36(2)41(52)53-28-22-27-46(4,5)33-38(49)43-23-16-18-29-56(8,9)54-57(10,11)30-19-17-24-44-39(50)34-47(6,7)35-40(51)45-26-21-32-59(14,15)55-58(12,13)31-20-25-42-37(3)48/h1,16-35H2,2-15H3,(H2-2,42,43,44,45,48,49,50,51)/p+2. The molecule has 14 nitrogen and oxygen atoms in total. The third-order valence-corrected chi connectivity index (χ3v) is 25.0. The van der Waals surface area contributed by atoms with Crippen molar-refractivity contribution in [3.8, 4) is 0 Å². The van der Waals surface area contributed by atoms with Crippen LogP contribution in [0.4, 0.5) is 0 Å². The first kappa shape index (κ1) is 56.8. The summed E-state index contributed by atoms with van der Waals surface area (Å²) in [7, 11) is 0.386. The minimum Gasteiger partial charge on any atom is -0.462 e. The van der Waals surface area contributed by atoms with Gasteiger partial charge in [0.25, 0.3) is 17.7 Å². The van der Waals surface area contributed by atoms with Crippen LogP contribution in [0.25, 0.3) is 0 Å². The van der Waals surface area contributed by atoms with Gasteiger partial charge in [0.1, 0.15) is 0 Å². The molecule has 0 radical (unpaired) electrons. The zero-order valence-corrected chi connectivity index (χ0v) is 44.0. The number of esters is 1. The summed E-state index contributed by atoms with van der Waals surface area (Å²) in [6.45, 7) is 29.3. The van der Waals surface area contributed by atoms with E-state index in [2.05, 4.69) is 80.2 Å². The van der Waals surface area contributed by atoms with Gasteiger partial charge in [-0.15, -0.1) is 0 Å². The van der Waals surface area contributed by atoms with E-state index in [0.717, 1.165) is 69.2 Å². The first-order chi connectivity index (χ1) is 27.0. The molecule has 4 amide bonds. The van der Waals surface area contributed by atoms with Gasteiger partial charge in [0, 0.05) is 45.1 Å². The van der Waals surface area contributed by atoms with E-state index in [-0.39, 0.29) is 47.2 Å². The number of hydrogen-bond donors (Lipinski definition) is 4. The maximum Gasteiger partial charge on any atom is 0.333 e. The molecule has 0 saturated heterocycles. The minimum atomic E-state index is -1.88. The Morgan fingerprint density at radius 3 is 1.20 bits per heavy atom. The Morgan fingerprint density at radius 1 is 0.492 bits per heavy atom. The predicted molar refractivity (Wildman–Crippen MR) is 251 cm³/mol. The zero-order valence-electron chi connectivity index (χ0n) is 40.0. The number of hydrogen-bond acceptors (Lipinski definition) is 8. The van der Waals surface area contributed by atoms with Crippen molar-refractivity contribution in [1.29, 1.82) is 0 Å². The molecule has 0 aliphatic carbocycles. The number of nitrogens with one attached hydrogen (secondary N) is 4. The summed E-state index contributed by atoms with van der Waals surface area (Å²) in [6, 6.07) is 4.05. The fourth-order valence-electron chi connectivity index (χ4n) is 7.28. The third kappa shape index (κ3) is 32.2. The number of carbonyl (C=O) groups excluding carboxylic acids is 5. The van der Waals surface area contributed by atoms with Crippen molar-refractivity contribution < 1.29 is 45.9 Å². The molecular formula is C41H88N6O8Si4+2. The molecule has 0 aromatic heterocycles. The van der Waals surface area contributed by atoms with Crippen molar-refractivity contribution >= 4 is 62.9 Å². The summed E-state index contributed by atoms with van der Waals surface area (Å²) in [5.41, 5.74) is 0.388. The number of quaternary nitrogens is 2. The van der Waals surface area contributed by atoms with E-state index >= 15 is 0 Å². The quantitative estimate of drug-likeness (QED) is 0.0226. The van der Waals surface area contributed by atoms with Crippen molar-refractivity contribution in [3.05, 3.63) is 12.2 Å². The van der Waals surface area contributed by atoms with Crippen molar-refractivity contribution in [2.75, 3.05) is 87.2 Å². The Labute approximate surface area is 363 Å². The van der Waals surface area contributed by atoms with Gasteiger partial charge in [0.05, 0.1) is 41.3 Å². The molecule has 0 atom stereocenters. The summed E-state index contributed by atoms with van der Waals surface area (Å²) in [5.74, 6) is -0.444. The highest BCUT2D eigenvalue weighted by Crippen LogP contribution is 2.25. The average Bonchev–Trinajstić information content (AvgIpc) is 3.04.